The highest BCUT2D eigenvalue weighted by atomic mass is 19.3. The van der Waals surface area contributed by atoms with Gasteiger partial charge >= 0.3 is 12.1 Å². The molecule has 14 heteroatoms. The second-order valence-electron chi connectivity index (χ2n) is 11.8. The first-order valence-electron chi connectivity index (χ1n) is 14.9. The van der Waals surface area contributed by atoms with Gasteiger partial charge in [-0.2, -0.15) is 0 Å². The number of nitrogens with zero attached hydrogens (tertiary/aromatic N) is 1. The third-order valence-corrected chi connectivity index (χ3v) is 8.76. The average molecular weight is 637 g/mol. The second kappa shape index (κ2) is 13.1. The molecule has 0 bridgehead atoms. The lowest BCUT2D eigenvalue weighted by atomic mass is 9.80. The van der Waals surface area contributed by atoms with Crippen LogP contribution in [-0.4, -0.2) is 72.2 Å². The zero-order valence-electron chi connectivity index (χ0n) is 24.5. The second-order valence-corrected chi connectivity index (χ2v) is 11.8. The summed E-state index contributed by atoms with van der Waals surface area (Å²) in [5, 5.41) is 18.0. The lowest BCUT2D eigenvalue weighted by molar-refractivity contribution is -0.121. The Bertz CT molecular complexity index is 1380. The molecule has 3 aliphatic rings. The number of alkyl halides is 4. The highest BCUT2D eigenvalue weighted by molar-refractivity contribution is 5.98. The summed E-state index contributed by atoms with van der Waals surface area (Å²) in [5.74, 6) is -7.85. The van der Waals surface area contributed by atoms with Crippen LogP contribution in [0.5, 0.6) is 5.75 Å². The summed E-state index contributed by atoms with van der Waals surface area (Å²) in [7, 11) is 0. The van der Waals surface area contributed by atoms with Gasteiger partial charge in [0.25, 0.3) is 5.92 Å². The van der Waals surface area contributed by atoms with E-state index < -0.39 is 73.3 Å². The van der Waals surface area contributed by atoms with Crippen molar-refractivity contribution in [1.82, 2.24) is 15.5 Å². The SMILES string of the molecule is O=C(N[C@H](C(=O)Nc1cc(C2(N3CC(F)(F)CNC3=O)CCOCC2)ccc1O)C1CCC(F)(F)CC1)OCc1ccccc1. The maximum Gasteiger partial charge on any atom is 0.408 e. The number of hydrogen-bond donors (Lipinski definition) is 4. The number of halogens is 4. The van der Waals surface area contributed by atoms with Crippen LogP contribution in [0, 0.1) is 5.92 Å². The van der Waals surface area contributed by atoms with Crippen molar-refractivity contribution in [3.8, 4) is 5.75 Å². The molecule has 0 unspecified atom stereocenters. The lowest BCUT2D eigenvalue weighted by Crippen LogP contribution is -2.64. The zero-order valence-corrected chi connectivity index (χ0v) is 24.5. The minimum atomic E-state index is -3.18. The van der Waals surface area contributed by atoms with Gasteiger partial charge in [-0.05, 0) is 54.9 Å². The molecule has 2 aromatic carbocycles. The number of alkyl carbamates (subject to hydrolysis) is 1. The molecule has 0 aromatic heterocycles. The Balaban J connectivity index is 1.38. The number of ether oxygens (including phenoxy) is 2. The molecule has 1 aliphatic carbocycles. The van der Waals surface area contributed by atoms with Crippen molar-refractivity contribution >= 4 is 23.7 Å². The molecular formula is C31H36F4N4O6. The van der Waals surface area contributed by atoms with E-state index in [1.165, 1.54) is 18.2 Å². The maximum atomic E-state index is 14.5. The van der Waals surface area contributed by atoms with Crippen molar-refractivity contribution in [3.63, 3.8) is 0 Å². The quantitative estimate of drug-likeness (QED) is 0.235. The van der Waals surface area contributed by atoms with Crippen molar-refractivity contribution in [1.29, 1.82) is 0 Å². The number of nitrogens with one attached hydrogen (secondary N) is 3. The topological polar surface area (TPSA) is 129 Å². The van der Waals surface area contributed by atoms with Gasteiger partial charge in [0.2, 0.25) is 11.8 Å². The molecule has 1 atom stereocenters. The first-order chi connectivity index (χ1) is 21.4. The number of aromatic hydroxyl groups is 1. The molecule has 10 nitrogen and oxygen atoms in total. The maximum absolute atomic E-state index is 14.5. The van der Waals surface area contributed by atoms with Gasteiger partial charge in [-0.15, -0.1) is 0 Å². The van der Waals surface area contributed by atoms with Gasteiger partial charge in [-0.3, -0.25) is 4.79 Å². The molecule has 1 saturated carbocycles. The fourth-order valence-corrected chi connectivity index (χ4v) is 6.25. The molecule has 0 spiro atoms. The molecule has 2 aliphatic heterocycles. The number of phenolic OH excluding ortho intramolecular Hbond substituents is 1. The number of rotatable bonds is 8. The van der Waals surface area contributed by atoms with E-state index in [9.17, 15) is 37.1 Å². The van der Waals surface area contributed by atoms with E-state index in [0.717, 1.165) is 4.90 Å². The lowest BCUT2D eigenvalue weighted by Gasteiger charge is -2.49. The summed E-state index contributed by atoms with van der Waals surface area (Å²) in [5.41, 5.74) is -0.239. The summed E-state index contributed by atoms with van der Waals surface area (Å²) < 4.78 is 67.6. The Labute approximate surface area is 257 Å². The van der Waals surface area contributed by atoms with E-state index in [0.29, 0.717) is 11.1 Å². The van der Waals surface area contributed by atoms with Crippen LogP contribution in [0.4, 0.5) is 32.8 Å². The minimum absolute atomic E-state index is 0.0442. The fourth-order valence-electron chi connectivity index (χ4n) is 6.25. The standard InChI is InChI=1S/C31H36F4N4O6/c32-30(33)10-8-21(9-11-30)25(38-28(43)45-17-20-4-2-1-3-5-20)26(41)37-23-16-22(6-7-24(23)40)29(12-14-44-15-13-29)39-19-31(34,35)18-36-27(39)42/h1-7,16,21,25,40H,8-15,17-19H2,(H,36,42)(H,37,41)(H,38,43)/t25-/m0/s1. The summed E-state index contributed by atoms with van der Waals surface area (Å²) in [6, 6.07) is 11.0. The summed E-state index contributed by atoms with van der Waals surface area (Å²) in [6.45, 7) is -1.34. The largest absolute Gasteiger partial charge is 0.506 e. The third-order valence-electron chi connectivity index (χ3n) is 8.76. The molecule has 5 rings (SSSR count). The van der Waals surface area contributed by atoms with Crippen LogP contribution in [0.1, 0.15) is 49.7 Å². The van der Waals surface area contributed by atoms with Crippen LogP contribution in [0.2, 0.25) is 0 Å². The van der Waals surface area contributed by atoms with Crippen LogP contribution in [-0.2, 0) is 26.4 Å². The molecule has 4 N–H and O–H groups in total. The smallest absolute Gasteiger partial charge is 0.408 e. The Morgan fingerprint density at radius 1 is 1.02 bits per heavy atom. The number of carbonyl (C=O) groups is 3. The van der Waals surface area contributed by atoms with Gasteiger partial charge in [0.1, 0.15) is 18.4 Å². The first-order valence-corrected chi connectivity index (χ1v) is 14.9. The van der Waals surface area contributed by atoms with Crippen molar-refractivity contribution in [2.24, 2.45) is 5.92 Å². The predicted molar refractivity (Wildman–Crippen MR) is 154 cm³/mol. The van der Waals surface area contributed by atoms with E-state index in [2.05, 4.69) is 16.0 Å². The van der Waals surface area contributed by atoms with E-state index in [4.69, 9.17) is 9.47 Å². The monoisotopic (exact) mass is 636 g/mol. The van der Waals surface area contributed by atoms with Crippen LogP contribution in [0.15, 0.2) is 48.5 Å². The van der Waals surface area contributed by atoms with E-state index in [1.54, 1.807) is 30.3 Å². The number of carbonyl (C=O) groups excluding carboxylic acids is 3. The first kappa shape index (κ1) is 32.3. The Morgan fingerprint density at radius 2 is 1.71 bits per heavy atom. The van der Waals surface area contributed by atoms with Crippen molar-refractivity contribution in [3.05, 3.63) is 59.7 Å². The van der Waals surface area contributed by atoms with E-state index >= 15 is 0 Å². The molecule has 0 radical (unpaired) electrons. The molecule has 45 heavy (non-hydrogen) atoms. The Kier molecular flexibility index (Phi) is 9.42. The van der Waals surface area contributed by atoms with E-state index in [1.807, 2.05) is 0 Å². The Morgan fingerprint density at radius 3 is 2.40 bits per heavy atom. The molecule has 2 saturated heterocycles. The Hall–Kier alpha value is -4.07. The number of benzene rings is 2. The van der Waals surface area contributed by atoms with Crippen molar-refractivity contribution in [2.45, 2.75) is 68.6 Å². The van der Waals surface area contributed by atoms with Crippen LogP contribution < -0.4 is 16.0 Å². The minimum Gasteiger partial charge on any atom is -0.506 e. The van der Waals surface area contributed by atoms with Crippen LogP contribution >= 0.6 is 0 Å². The van der Waals surface area contributed by atoms with E-state index in [-0.39, 0.29) is 56.9 Å². The van der Waals surface area contributed by atoms with Crippen molar-refractivity contribution < 1.29 is 46.5 Å². The predicted octanol–water partition coefficient (Wildman–Crippen LogP) is 5.12. The van der Waals surface area contributed by atoms with Gasteiger partial charge in [0, 0.05) is 26.1 Å². The molecule has 244 valence electrons. The van der Waals surface area contributed by atoms with Gasteiger partial charge in [0.15, 0.2) is 0 Å². The normalized spacial score (nSPS) is 21.7. The average Bonchev–Trinajstić information content (AvgIpc) is 3.02. The summed E-state index contributed by atoms with van der Waals surface area (Å²) in [4.78, 5) is 40.4. The number of anilines is 1. The highest BCUT2D eigenvalue weighted by Crippen LogP contribution is 2.43. The number of hydrogen-bond acceptors (Lipinski definition) is 6. The van der Waals surface area contributed by atoms with Gasteiger partial charge in [0.05, 0.1) is 24.3 Å². The van der Waals surface area contributed by atoms with Crippen molar-refractivity contribution in [2.75, 3.05) is 31.6 Å². The van der Waals surface area contributed by atoms with Gasteiger partial charge in [-0.1, -0.05) is 36.4 Å². The summed E-state index contributed by atoms with van der Waals surface area (Å²) in [6.07, 6.45) is -1.57. The molecular weight excluding hydrogens is 600 g/mol. The number of urea groups is 1. The molecule has 2 aromatic rings. The highest BCUT2D eigenvalue weighted by Gasteiger charge is 2.50. The molecule has 2 heterocycles. The molecule has 4 amide bonds. The molecule has 3 fully saturated rings. The van der Waals surface area contributed by atoms with Crippen LogP contribution in [0.3, 0.4) is 0 Å². The van der Waals surface area contributed by atoms with Crippen LogP contribution in [0.25, 0.3) is 0 Å². The summed E-state index contributed by atoms with van der Waals surface area (Å²) >= 11 is 0. The van der Waals surface area contributed by atoms with Gasteiger partial charge < -0.3 is 35.4 Å². The van der Waals surface area contributed by atoms with Gasteiger partial charge in [-0.25, -0.2) is 27.2 Å². The number of phenols is 1. The fraction of sp³-hybridized carbons (Fsp3) is 0.516. The number of amides is 4. The third kappa shape index (κ3) is 7.60. The zero-order chi connectivity index (χ0) is 32.2.